The van der Waals surface area contributed by atoms with E-state index in [9.17, 15) is 9.18 Å². The van der Waals surface area contributed by atoms with Crippen LogP contribution in [0, 0.1) is 12.7 Å². The second-order valence-electron chi connectivity index (χ2n) is 5.16. The zero-order valence-electron chi connectivity index (χ0n) is 12.8. The van der Waals surface area contributed by atoms with E-state index in [1.807, 2.05) is 31.3 Å². The summed E-state index contributed by atoms with van der Waals surface area (Å²) in [5.41, 5.74) is 2.84. The fourth-order valence-corrected chi connectivity index (χ4v) is 2.30. The molecule has 0 radical (unpaired) electrons. The SMILES string of the molecule is Cc1ccn(-c2ccc(NC(=O)Nc3ccc(F)c(Cl)c3)cc2)n1. The van der Waals surface area contributed by atoms with E-state index in [0.29, 0.717) is 11.4 Å². The molecule has 0 saturated carbocycles. The van der Waals surface area contributed by atoms with Gasteiger partial charge in [0.1, 0.15) is 5.82 Å². The molecule has 2 aromatic carbocycles. The lowest BCUT2D eigenvalue weighted by molar-refractivity contribution is 0.262. The maximum absolute atomic E-state index is 13.1. The van der Waals surface area contributed by atoms with Gasteiger partial charge in [-0.1, -0.05) is 11.6 Å². The van der Waals surface area contributed by atoms with E-state index < -0.39 is 11.8 Å². The van der Waals surface area contributed by atoms with E-state index in [4.69, 9.17) is 11.6 Å². The maximum atomic E-state index is 13.1. The van der Waals surface area contributed by atoms with Crippen molar-refractivity contribution in [1.29, 1.82) is 0 Å². The molecule has 0 bridgehead atoms. The van der Waals surface area contributed by atoms with E-state index in [0.717, 1.165) is 11.4 Å². The van der Waals surface area contributed by atoms with Crippen molar-refractivity contribution < 1.29 is 9.18 Å². The number of anilines is 2. The molecule has 3 aromatic rings. The van der Waals surface area contributed by atoms with Crippen LogP contribution < -0.4 is 10.6 Å². The largest absolute Gasteiger partial charge is 0.323 e. The van der Waals surface area contributed by atoms with Crippen LogP contribution >= 0.6 is 11.6 Å². The van der Waals surface area contributed by atoms with Crippen LogP contribution in [0.4, 0.5) is 20.6 Å². The van der Waals surface area contributed by atoms with E-state index in [2.05, 4.69) is 15.7 Å². The summed E-state index contributed by atoms with van der Waals surface area (Å²) in [6.07, 6.45) is 1.86. The fraction of sp³-hybridized carbons (Fsp3) is 0.0588. The summed E-state index contributed by atoms with van der Waals surface area (Å²) < 4.78 is 14.8. The second-order valence-corrected chi connectivity index (χ2v) is 5.56. The van der Waals surface area contributed by atoms with Gasteiger partial charge in [-0.15, -0.1) is 0 Å². The number of carbonyl (C=O) groups excluding carboxylic acids is 1. The van der Waals surface area contributed by atoms with Gasteiger partial charge in [-0.05, 0) is 55.5 Å². The molecule has 0 aliphatic heterocycles. The number of benzene rings is 2. The first-order valence-electron chi connectivity index (χ1n) is 7.17. The normalized spacial score (nSPS) is 10.5. The number of nitrogens with one attached hydrogen (secondary N) is 2. The number of nitrogens with zero attached hydrogens (tertiary/aromatic N) is 2. The molecule has 0 aliphatic rings. The number of hydrogen-bond acceptors (Lipinski definition) is 2. The molecule has 2 N–H and O–H groups in total. The molecular formula is C17H14ClFN4O. The summed E-state index contributed by atoms with van der Waals surface area (Å²) in [6, 6.07) is 12.7. The molecule has 3 rings (SSSR count). The molecule has 24 heavy (non-hydrogen) atoms. The third-order valence-corrected chi connectivity index (χ3v) is 3.58. The molecule has 0 unspecified atom stereocenters. The van der Waals surface area contributed by atoms with Crippen LogP contribution in [0.15, 0.2) is 54.7 Å². The predicted molar refractivity (Wildman–Crippen MR) is 92.4 cm³/mol. The van der Waals surface area contributed by atoms with Crippen molar-refractivity contribution in [3.8, 4) is 5.69 Å². The summed E-state index contributed by atoms with van der Waals surface area (Å²) in [5, 5.41) is 9.55. The monoisotopic (exact) mass is 344 g/mol. The minimum absolute atomic E-state index is 0.0494. The summed E-state index contributed by atoms with van der Waals surface area (Å²) >= 11 is 5.68. The van der Waals surface area contributed by atoms with Crippen LogP contribution in [0.25, 0.3) is 5.69 Å². The molecule has 0 atom stereocenters. The fourth-order valence-electron chi connectivity index (χ4n) is 2.12. The highest BCUT2D eigenvalue weighted by molar-refractivity contribution is 6.31. The Morgan fingerprint density at radius 3 is 2.38 bits per heavy atom. The van der Waals surface area contributed by atoms with E-state index >= 15 is 0 Å². The Labute approximate surface area is 143 Å². The van der Waals surface area contributed by atoms with Gasteiger partial charge in [0, 0.05) is 17.6 Å². The molecule has 7 heteroatoms. The first kappa shape index (κ1) is 16.0. The van der Waals surface area contributed by atoms with Gasteiger partial charge in [-0.25, -0.2) is 13.9 Å². The summed E-state index contributed by atoms with van der Waals surface area (Å²) in [5.74, 6) is -0.535. The molecule has 1 heterocycles. The molecule has 0 aliphatic carbocycles. The van der Waals surface area contributed by atoms with Crippen LogP contribution in [-0.2, 0) is 0 Å². The average Bonchev–Trinajstić information content (AvgIpc) is 2.98. The molecule has 5 nitrogen and oxygen atoms in total. The third kappa shape index (κ3) is 3.72. The van der Waals surface area contributed by atoms with Gasteiger partial charge in [0.15, 0.2) is 0 Å². The lowest BCUT2D eigenvalue weighted by Crippen LogP contribution is -2.19. The Morgan fingerprint density at radius 2 is 1.75 bits per heavy atom. The minimum atomic E-state index is -0.535. The lowest BCUT2D eigenvalue weighted by Gasteiger charge is -2.09. The number of urea groups is 1. The van der Waals surface area contributed by atoms with Crippen LogP contribution in [0.3, 0.4) is 0 Å². The topological polar surface area (TPSA) is 59.0 Å². The Morgan fingerprint density at radius 1 is 1.08 bits per heavy atom. The molecule has 122 valence electrons. The van der Waals surface area contributed by atoms with E-state index in [1.54, 1.807) is 16.8 Å². The van der Waals surface area contributed by atoms with Crippen molar-refractivity contribution in [2.45, 2.75) is 6.92 Å². The van der Waals surface area contributed by atoms with Gasteiger partial charge in [-0.3, -0.25) is 0 Å². The highest BCUT2D eigenvalue weighted by Crippen LogP contribution is 2.20. The van der Waals surface area contributed by atoms with Gasteiger partial charge < -0.3 is 10.6 Å². The second kappa shape index (κ2) is 6.72. The van der Waals surface area contributed by atoms with Crippen LogP contribution in [0.2, 0.25) is 5.02 Å². The average molecular weight is 345 g/mol. The molecule has 0 saturated heterocycles. The molecule has 1 aromatic heterocycles. The van der Waals surface area contributed by atoms with Crippen molar-refractivity contribution in [2.75, 3.05) is 10.6 Å². The van der Waals surface area contributed by atoms with Gasteiger partial charge in [0.25, 0.3) is 0 Å². The number of rotatable bonds is 3. The van der Waals surface area contributed by atoms with Crippen LogP contribution in [0.5, 0.6) is 0 Å². The number of aryl methyl sites for hydroxylation is 1. The van der Waals surface area contributed by atoms with Crippen molar-refractivity contribution in [3.63, 3.8) is 0 Å². The number of carbonyl (C=O) groups is 1. The van der Waals surface area contributed by atoms with Crippen LogP contribution in [-0.4, -0.2) is 15.8 Å². The molecule has 2 amide bonds. The molecule has 0 fully saturated rings. The minimum Gasteiger partial charge on any atom is -0.308 e. The maximum Gasteiger partial charge on any atom is 0.323 e. The van der Waals surface area contributed by atoms with E-state index in [1.165, 1.54) is 18.2 Å². The standard InChI is InChI=1S/C17H14ClFN4O/c1-11-8-9-23(22-11)14-5-2-12(3-6-14)20-17(24)21-13-4-7-16(19)15(18)10-13/h2-10H,1H3,(H2,20,21,24). The molecular weight excluding hydrogens is 331 g/mol. The van der Waals surface area contributed by atoms with Crippen molar-refractivity contribution in [3.05, 3.63) is 71.3 Å². The quantitative estimate of drug-likeness (QED) is 0.728. The first-order chi connectivity index (χ1) is 11.5. The highest BCUT2D eigenvalue weighted by atomic mass is 35.5. The highest BCUT2D eigenvalue weighted by Gasteiger charge is 2.06. The van der Waals surface area contributed by atoms with Gasteiger partial charge in [0.05, 0.1) is 16.4 Å². The Bertz CT molecular complexity index is 877. The summed E-state index contributed by atoms with van der Waals surface area (Å²) in [6.45, 7) is 1.92. The summed E-state index contributed by atoms with van der Waals surface area (Å²) in [4.78, 5) is 12.0. The Hall–Kier alpha value is -2.86. The van der Waals surface area contributed by atoms with Crippen molar-refractivity contribution >= 4 is 29.0 Å². The predicted octanol–water partition coefficient (Wildman–Crippen LogP) is 4.62. The van der Waals surface area contributed by atoms with Crippen molar-refractivity contribution in [1.82, 2.24) is 9.78 Å². The summed E-state index contributed by atoms with van der Waals surface area (Å²) in [7, 11) is 0. The van der Waals surface area contributed by atoms with Crippen LogP contribution in [0.1, 0.15) is 5.69 Å². The van der Waals surface area contributed by atoms with Gasteiger partial charge in [0.2, 0.25) is 0 Å². The first-order valence-corrected chi connectivity index (χ1v) is 7.55. The van der Waals surface area contributed by atoms with E-state index in [-0.39, 0.29) is 5.02 Å². The van der Waals surface area contributed by atoms with Gasteiger partial charge >= 0.3 is 6.03 Å². The molecule has 0 spiro atoms. The number of amides is 2. The Balaban J connectivity index is 1.65. The smallest absolute Gasteiger partial charge is 0.308 e. The lowest BCUT2D eigenvalue weighted by atomic mass is 10.3. The zero-order valence-corrected chi connectivity index (χ0v) is 13.5. The Kier molecular flexibility index (Phi) is 4.48. The number of halogens is 2. The third-order valence-electron chi connectivity index (χ3n) is 3.29. The number of hydrogen-bond donors (Lipinski definition) is 2. The number of aromatic nitrogens is 2. The van der Waals surface area contributed by atoms with Gasteiger partial charge in [-0.2, -0.15) is 5.10 Å². The zero-order chi connectivity index (χ0) is 17.1. The van der Waals surface area contributed by atoms with Crippen molar-refractivity contribution in [2.24, 2.45) is 0 Å².